The first kappa shape index (κ1) is 32.3. The third kappa shape index (κ3) is 7.60. The van der Waals surface area contributed by atoms with Gasteiger partial charge in [0, 0.05) is 24.7 Å². The lowest BCUT2D eigenvalue weighted by Gasteiger charge is -2.31. The molecule has 0 aromatic heterocycles. The summed E-state index contributed by atoms with van der Waals surface area (Å²) in [5, 5.41) is 2.38. The van der Waals surface area contributed by atoms with Crippen LogP contribution in [0, 0.1) is 23.2 Å². The van der Waals surface area contributed by atoms with E-state index in [4.69, 9.17) is 4.74 Å². The van der Waals surface area contributed by atoms with E-state index >= 15 is 0 Å². The minimum atomic E-state index is -5.17. The summed E-state index contributed by atoms with van der Waals surface area (Å²) in [5.74, 6) is -8.43. The van der Waals surface area contributed by atoms with Crippen molar-refractivity contribution in [1.82, 2.24) is 5.32 Å². The van der Waals surface area contributed by atoms with E-state index in [2.05, 4.69) is 5.32 Å². The molecule has 6 nitrogen and oxygen atoms in total. The molecule has 1 aromatic carbocycles. The Morgan fingerprint density at radius 3 is 1.90 bits per heavy atom. The van der Waals surface area contributed by atoms with Gasteiger partial charge in [-0.25, -0.2) is 0 Å². The molecule has 218 valence electrons. The number of ketones is 3. The van der Waals surface area contributed by atoms with Crippen LogP contribution in [0.3, 0.4) is 0 Å². The maximum atomic E-state index is 13.8. The van der Waals surface area contributed by atoms with Gasteiger partial charge in [-0.1, -0.05) is 45.7 Å². The molecule has 0 aliphatic heterocycles. The van der Waals surface area contributed by atoms with Crippen molar-refractivity contribution in [1.29, 1.82) is 0 Å². The summed E-state index contributed by atoms with van der Waals surface area (Å²) in [6.45, 7) is 3.96. The molecule has 0 radical (unpaired) electrons. The molecule has 3 atom stereocenters. The highest BCUT2D eigenvalue weighted by atomic mass is 19.4. The predicted molar refractivity (Wildman–Crippen MR) is 129 cm³/mol. The first-order valence-corrected chi connectivity index (χ1v) is 12.6. The van der Waals surface area contributed by atoms with Gasteiger partial charge in [-0.15, -0.1) is 0 Å². The number of carbonyl (C=O) groups excluding carboxylic acids is 4. The van der Waals surface area contributed by atoms with E-state index in [-0.39, 0.29) is 31.2 Å². The van der Waals surface area contributed by atoms with Crippen LogP contribution >= 0.6 is 0 Å². The number of halogens is 6. The van der Waals surface area contributed by atoms with E-state index in [9.17, 15) is 45.5 Å². The number of nitrogens with one attached hydrogen (secondary N) is 1. The maximum Gasteiger partial charge on any atom is 0.450 e. The van der Waals surface area contributed by atoms with Gasteiger partial charge in [-0.05, 0) is 36.5 Å². The molecule has 2 rings (SSSR count). The van der Waals surface area contributed by atoms with Crippen molar-refractivity contribution in [3.05, 3.63) is 29.8 Å². The Hall–Kier alpha value is -2.92. The van der Waals surface area contributed by atoms with Crippen LogP contribution in [0.2, 0.25) is 0 Å². The fraction of sp³-hybridized carbons (Fsp3) is 0.630. The molecule has 0 spiro atoms. The molecule has 1 N–H and O–H groups in total. The highest BCUT2D eigenvalue weighted by molar-refractivity contribution is 5.96. The largest absolute Gasteiger partial charge is 0.497 e. The third-order valence-electron chi connectivity index (χ3n) is 7.37. The Balaban J connectivity index is 2.30. The molecule has 39 heavy (non-hydrogen) atoms. The number of Topliss-reactive ketones (excluding diaryl/α,β-unsaturated/α-hetero) is 3. The number of benzene rings is 1. The highest BCUT2D eigenvalue weighted by Gasteiger charge is 2.60. The maximum absolute atomic E-state index is 13.8. The fourth-order valence-electron chi connectivity index (χ4n) is 4.87. The number of hydrogen-bond acceptors (Lipinski definition) is 5. The summed E-state index contributed by atoms with van der Waals surface area (Å²) in [4.78, 5) is 51.0. The lowest BCUT2D eigenvalue weighted by molar-refractivity contribution is -0.219. The zero-order valence-corrected chi connectivity index (χ0v) is 22.2. The quantitative estimate of drug-likeness (QED) is 0.317. The van der Waals surface area contributed by atoms with Crippen molar-refractivity contribution in [2.24, 2.45) is 23.2 Å². The SMILES string of the molecule is COc1ccc([C@H](NC(=O)[C@H](C)CC(=O)C2(C(F)(F)F)CCCC2)C(=O)C[C@H](C(=O)C(F)(F)F)C(C)C)cc1. The lowest BCUT2D eigenvalue weighted by atomic mass is 9.77. The number of methoxy groups -OCH3 is 1. The Bertz CT molecular complexity index is 1040. The Morgan fingerprint density at radius 1 is 0.923 bits per heavy atom. The minimum Gasteiger partial charge on any atom is -0.497 e. The number of amides is 1. The molecule has 1 saturated carbocycles. The van der Waals surface area contributed by atoms with Crippen molar-refractivity contribution in [2.75, 3.05) is 7.11 Å². The summed E-state index contributed by atoms with van der Waals surface area (Å²) in [7, 11) is 1.38. The monoisotopic (exact) mass is 565 g/mol. The summed E-state index contributed by atoms with van der Waals surface area (Å²) in [6.07, 6.45) is -11.8. The van der Waals surface area contributed by atoms with Crippen LogP contribution in [0.15, 0.2) is 24.3 Å². The summed E-state index contributed by atoms with van der Waals surface area (Å²) in [5.41, 5.74) is -2.35. The molecule has 0 unspecified atom stereocenters. The number of carbonyl (C=O) groups is 4. The topological polar surface area (TPSA) is 89.5 Å². The second kappa shape index (κ2) is 12.5. The molecule has 1 amide bonds. The van der Waals surface area contributed by atoms with Gasteiger partial charge in [-0.2, -0.15) is 26.3 Å². The second-order valence-electron chi connectivity index (χ2n) is 10.4. The van der Waals surface area contributed by atoms with Crippen molar-refractivity contribution < 1.29 is 50.3 Å². The summed E-state index contributed by atoms with van der Waals surface area (Å²) >= 11 is 0. The predicted octanol–water partition coefficient (Wildman–Crippen LogP) is 5.93. The van der Waals surface area contributed by atoms with E-state index in [0.717, 1.165) is 0 Å². The number of rotatable bonds is 12. The van der Waals surface area contributed by atoms with Gasteiger partial charge in [-0.3, -0.25) is 19.2 Å². The molecule has 1 aliphatic carbocycles. The highest BCUT2D eigenvalue weighted by Crippen LogP contribution is 2.52. The molecule has 0 heterocycles. The van der Waals surface area contributed by atoms with Gasteiger partial charge in [0.1, 0.15) is 23.0 Å². The average Bonchev–Trinajstić information content (AvgIpc) is 3.36. The lowest BCUT2D eigenvalue weighted by Crippen LogP contribution is -2.45. The molecule has 1 aromatic rings. The zero-order chi connectivity index (χ0) is 29.8. The van der Waals surface area contributed by atoms with Crippen molar-refractivity contribution >= 4 is 23.3 Å². The zero-order valence-electron chi connectivity index (χ0n) is 22.2. The Labute approximate surface area is 222 Å². The molecule has 0 bridgehead atoms. The van der Waals surface area contributed by atoms with Gasteiger partial charge in [0.25, 0.3) is 0 Å². The Morgan fingerprint density at radius 2 is 1.46 bits per heavy atom. The molecule has 12 heteroatoms. The van der Waals surface area contributed by atoms with Gasteiger partial charge < -0.3 is 10.1 Å². The van der Waals surface area contributed by atoms with Crippen LogP contribution in [-0.2, 0) is 19.2 Å². The first-order chi connectivity index (χ1) is 17.9. The average molecular weight is 566 g/mol. The van der Waals surface area contributed by atoms with E-state index < -0.39 is 77.7 Å². The van der Waals surface area contributed by atoms with Crippen molar-refractivity contribution in [3.8, 4) is 5.75 Å². The number of alkyl halides is 6. The second-order valence-corrected chi connectivity index (χ2v) is 10.4. The van der Waals surface area contributed by atoms with E-state index in [1.165, 1.54) is 52.1 Å². The van der Waals surface area contributed by atoms with Crippen molar-refractivity contribution in [2.45, 2.75) is 77.7 Å². The standard InChI is InChI=1S/C27H33F6NO5/c1-15(2)19(23(37)26(28,29)30)14-20(35)22(17-7-9-18(39-4)10-8-17)34-24(38)16(3)13-21(36)25(27(31,32)33)11-5-6-12-25/h7-10,15-16,19,22H,5-6,11-14H2,1-4H3,(H,34,38)/t16-,19+,22+/m1/s1. The minimum absolute atomic E-state index is 0.164. The van der Waals surface area contributed by atoms with E-state index in [0.29, 0.717) is 5.75 Å². The fourth-order valence-corrected chi connectivity index (χ4v) is 4.87. The number of hydrogen-bond donors (Lipinski definition) is 1. The normalized spacial score (nSPS) is 17.8. The van der Waals surface area contributed by atoms with Gasteiger partial charge in [0.05, 0.1) is 7.11 Å². The van der Waals surface area contributed by atoms with E-state index in [1.807, 2.05) is 0 Å². The first-order valence-electron chi connectivity index (χ1n) is 12.6. The Kier molecular flexibility index (Phi) is 10.4. The molecule has 0 saturated heterocycles. The van der Waals surface area contributed by atoms with E-state index in [1.54, 1.807) is 0 Å². The number of ether oxygens (including phenoxy) is 1. The van der Waals surface area contributed by atoms with Crippen LogP contribution in [-0.4, -0.2) is 42.7 Å². The molecule has 1 fully saturated rings. The summed E-state index contributed by atoms with van der Waals surface area (Å²) in [6, 6.07) is 4.17. The molecular formula is C27H33F6NO5. The third-order valence-corrected chi connectivity index (χ3v) is 7.37. The molecule has 1 aliphatic rings. The van der Waals surface area contributed by atoms with Gasteiger partial charge in [0.2, 0.25) is 11.7 Å². The van der Waals surface area contributed by atoms with Gasteiger partial charge >= 0.3 is 12.4 Å². The van der Waals surface area contributed by atoms with Crippen LogP contribution in [0.5, 0.6) is 5.75 Å². The smallest absolute Gasteiger partial charge is 0.450 e. The van der Waals surface area contributed by atoms with Crippen LogP contribution in [0.25, 0.3) is 0 Å². The van der Waals surface area contributed by atoms with Crippen LogP contribution in [0.1, 0.15) is 70.9 Å². The van der Waals surface area contributed by atoms with Crippen molar-refractivity contribution in [3.63, 3.8) is 0 Å². The van der Waals surface area contributed by atoms with Crippen LogP contribution < -0.4 is 10.1 Å². The van der Waals surface area contributed by atoms with Crippen LogP contribution in [0.4, 0.5) is 26.3 Å². The molecular weight excluding hydrogens is 532 g/mol. The summed E-state index contributed by atoms with van der Waals surface area (Å²) < 4.78 is 85.8. The van der Waals surface area contributed by atoms with Gasteiger partial charge in [0.15, 0.2) is 5.78 Å².